The van der Waals surface area contributed by atoms with E-state index in [4.69, 9.17) is 16.1 Å². The van der Waals surface area contributed by atoms with E-state index in [-0.39, 0.29) is 12.5 Å². The normalized spacial score (nSPS) is 14.9. The number of halogens is 1. The van der Waals surface area contributed by atoms with Gasteiger partial charge < -0.3 is 9.42 Å². The van der Waals surface area contributed by atoms with Crippen molar-refractivity contribution >= 4 is 28.5 Å². The van der Waals surface area contributed by atoms with Crippen LogP contribution in [0, 0.1) is 0 Å². The molecule has 0 spiro atoms. The molecule has 4 aromatic rings. The fraction of sp³-hybridized carbons (Fsp3) is 0.286. The average Bonchev–Trinajstić information content (AvgIpc) is 3.42. The summed E-state index contributed by atoms with van der Waals surface area (Å²) in [5.74, 6) is 1.14. The molecule has 2 aromatic carbocycles. The Kier molecular flexibility index (Phi) is 5.35. The lowest BCUT2D eigenvalue weighted by molar-refractivity contribution is -0.133. The van der Waals surface area contributed by atoms with Gasteiger partial charge in [0.15, 0.2) is 0 Å². The van der Waals surface area contributed by atoms with Crippen molar-refractivity contribution in [2.45, 2.75) is 13.1 Å². The number of amides is 1. The van der Waals surface area contributed by atoms with Crippen LogP contribution >= 0.6 is 11.6 Å². The van der Waals surface area contributed by atoms with E-state index < -0.39 is 0 Å². The molecule has 1 fully saturated rings. The third-order valence-electron chi connectivity index (χ3n) is 5.36. The average molecular weight is 438 g/mol. The van der Waals surface area contributed by atoms with Crippen LogP contribution in [0.25, 0.3) is 22.4 Å². The molecule has 1 aliphatic heterocycles. The van der Waals surface area contributed by atoms with Gasteiger partial charge in [-0.25, -0.2) is 4.68 Å². The number of rotatable bonds is 5. The molecule has 1 aliphatic rings. The minimum atomic E-state index is 0.0399. The van der Waals surface area contributed by atoms with Crippen LogP contribution in [0.15, 0.2) is 53.1 Å². The summed E-state index contributed by atoms with van der Waals surface area (Å²) in [6, 6.07) is 14.9. The fourth-order valence-electron chi connectivity index (χ4n) is 3.64. The van der Waals surface area contributed by atoms with Crippen LogP contribution in [0.2, 0.25) is 5.02 Å². The second-order valence-electron chi connectivity index (χ2n) is 7.41. The second kappa shape index (κ2) is 8.44. The van der Waals surface area contributed by atoms with Gasteiger partial charge in [-0.05, 0) is 36.4 Å². The van der Waals surface area contributed by atoms with Crippen molar-refractivity contribution in [3.63, 3.8) is 0 Å². The van der Waals surface area contributed by atoms with Crippen LogP contribution in [0.5, 0.6) is 0 Å². The van der Waals surface area contributed by atoms with Crippen molar-refractivity contribution in [1.82, 2.24) is 34.9 Å². The highest BCUT2D eigenvalue weighted by atomic mass is 35.5. The largest absolute Gasteiger partial charge is 0.339 e. The van der Waals surface area contributed by atoms with Gasteiger partial charge >= 0.3 is 0 Å². The van der Waals surface area contributed by atoms with Crippen molar-refractivity contribution in [3.8, 4) is 11.4 Å². The Morgan fingerprint density at radius 2 is 1.81 bits per heavy atom. The summed E-state index contributed by atoms with van der Waals surface area (Å²) in [6.07, 6.45) is 0. The number of nitrogens with zero attached hydrogens (tertiary/aromatic N) is 7. The van der Waals surface area contributed by atoms with Crippen molar-refractivity contribution in [1.29, 1.82) is 0 Å². The summed E-state index contributed by atoms with van der Waals surface area (Å²) in [6.45, 7) is 3.50. The molecule has 10 heteroatoms. The van der Waals surface area contributed by atoms with Crippen LogP contribution < -0.4 is 0 Å². The highest BCUT2D eigenvalue weighted by Crippen LogP contribution is 2.19. The van der Waals surface area contributed by atoms with E-state index >= 15 is 0 Å². The van der Waals surface area contributed by atoms with Crippen molar-refractivity contribution in [2.24, 2.45) is 0 Å². The minimum Gasteiger partial charge on any atom is -0.339 e. The molecule has 2 aromatic heterocycles. The Hall–Kier alpha value is -3.30. The first-order chi connectivity index (χ1) is 15.2. The molecule has 0 N–H and O–H groups in total. The van der Waals surface area contributed by atoms with Crippen LogP contribution in [0.4, 0.5) is 0 Å². The molecule has 3 heterocycles. The predicted molar refractivity (Wildman–Crippen MR) is 114 cm³/mol. The number of benzene rings is 2. The molecule has 9 nitrogen and oxygen atoms in total. The van der Waals surface area contributed by atoms with Crippen LogP contribution in [0.3, 0.4) is 0 Å². The number of para-hydroxylation sites is 1. The van der Waals surface area contributed by atoms with E-state index in [1.165, 1.54) is 0 Å². The van der Waals surface area contributed by atoms with Crippen molar-refractivity contribution in [2.75, 3.05) is 26.2 Å². The summed E-state index contributed by atoms with van der Waals surface area (Å²) >= 11 is 5.93. The molecule has 0 unspecified atom stereocenters. The smallest absolute Gasteiger partial charge is 0.244 e. The number of fused-ring (bicyclic) bond motifs is 1. The lowest BCUT2D eigenvalue weighted by Gasteiger charge is -2.33. The van der Waals surface area contributed by atoms with Gasteiger partial charge in [-0.3, -0.25) is 9.69 Å². The maximum atomic E-state index is 12.7. The molecular formula is C21H20ClN7O2. The molecule has 0 aliphatic carbocycles. The minimum absolute atomic E-state index is 0.0399. The van der Waals surface area contributed by atoms with Gasteiger partial charge in [0.25, 0.3) is 0 Å². The fourth-order valence-corrected chi connectivity index (χ4v) is 3.77. The zero-order valence-corrected chi connectivity index (χ0v) is 17.4. The molecule has 5 rings (SSSR count). The topological polar surface area (TPSA) is 93.2 Å². The highest BCUT2D eigenvalue weighted by molar-refractivity contribution is 6.30. The molecule has 0 atom stereocenters. The van der Waals surface area contributed by atoms with Gasteiger partial charge in [-0.2, -0.15) is 4.98 Å². The molecule has 1 amide bonds. The Labute approximate surface area is 183 Å². The first-order valence-electron chi connectivity index (χ1n) is 10.0. The third-order valence-corrected chi connectivity index (χ3v) is 5.61. The van der Waals surface area contributed by atoms with Gasteiger partial charge in [-0.15, -0.1) is 5.10 Å². The van der Waals surface area contributed by atoms with Crippen molar-refractivity contribution < 1.29 is 9.32 Å². The SMILES string of the molecule is O=C(Cn1nnc2ccccc21)N1CCN(Cc2nc(-c3ccc(Cl)cc3)no2)CC1. The monoisotopic (exact) mass is 437 g/mol. The van der Waals surface area contributed by atoms with E-state index in [2.05, 4.69) is 25.4 Å². The van der Waals surface area contributed by atoms with Gasteiger partial charge in [0.05, 0.1) is 12.1 Å². The first-order valence-corrected chi connectivity index (χ1v) is 10.4. The van der Waals surface area contributed by atoms with E-state index in [1.807, 2.05) is 41.3 Å². The summed E-state index contributed by atoms with van der Waals surface area (Å²) in [7, 11) is 0. The first kappa shape index (κ1) is 19.7. The summed E-state index contributed by atoms with van der Waals surface area (Å²) in [4.78, 5) is 21.3. The Morgan fingerprint density at radius 3 is 2.61 bits per heavy atom. The third kappa shape index (κ3) is 4.28. The van der Waals surface area contributed by atoms with E-state index in [9.17, 15) is 4.79 Å². The van der Waals surface area contributed by atoms with E-state index in [0.29, 0.717) is 36.4 Å². The number of piperazine rings is 1. The quantitative estimate of drug-likeness (QED) is 0.473. The number of carbonyl (C=O) groups excluding carboxylic acids is 1. The predicted octanol–water partition coefficient (Wildman–Crippen LogP) is 2.48. The Balaban J connectivity index is 1.15. The number of aromatic nitrogens is 5. The van der Waals surface area contributed by atoms with E-state index in [1.54, 1.807) is 16.8 Å². The molecule has 0 bridgehead atoms. The zero-order valence-electron chi connectivity index (χ0n) is 16.7. The summed E-state index contributed by atoms with van der Waals surface area (Å²) < 4.78 is 7.06. The molecule has 0 radical (unpaired) electrons. The number of carbonyl (C=O) groups is 1. The Morgan fingerprint density at radius 1 is 1.03 bits per heavy atom. The maximum absolute atomic E-state index is 12.7. The van der Waals surface area contributed by atoms with Gasteiger partial charge in [0, 0.05) is 36.8 Å². The van der Waals surface area contributed by atoms with Crippen molar-refractivity contribution in [3.05, 3.63) is 59.4 Å². The molecule has 0 saturated carbocycles. The lowest BCUT2D eigenvalue weighted by Crippen LogP contribution is -2.49. The number of hydrogen-bond donors (Lipinski definition) is 0. The van der Waals surface area contributed by atoms with Gasteiger partial charge in [0.1, 0.15) is 12.1 Å². The van der Waals surface area contributed by atoms with Gasteiger partial charge in [0.2, 0.25) is 17.6 Å². The van der Waals surface area contributed by atoms with E-state index in [0.717, 1.165) is 29.7 Å². The number of hydrogen-bond acceptors (Lipinski definition) is 7. The highest BCUT2D eigenvalue weighted by Gasteiger charge is 2.23. The molecular weight excluding hydrogens is 418 g/mol. The molecule has 1 saturated heterocycles. The Bertz CT molecular complexity index is 1200. The second-order valence-corrected chi connectivity index (χ2v) is 7.85. The summed E-state index contributed by atoms with van der Waals surface area (Å²) in [5.41, 5.74) is 2.51. The maximum Gasteiger partial charge on any atom is 0.244 e. The summed E-state index contributed by atoms with van der Waals surface area (Å²) in [5, 5.41) is 12.9. The lowest BCUT2D eigenvalue weighted by atomic mass is 10.2. The molecule has 31 heavy (non-hydrogen) atoms. The molecule has 158 valence electrons. The van der Waals surface area contributed by atoms with Crippen LogP contribution in [-0.2, 0) is 17.9 Å². The standard InChI is InChI=1S/C21H20ClN7O2/c22-16-7-5-15(6-8-16)21-23-19(31-25-21)13-27-9-11-28(12-10-27)20(30)14-29-18-4-2-1-3-17(18)24-26-29/h1-8H,9-14H2. The van der Waals surface area contributed by atoms with Crippen LogP contribution in [-0.4, -0.2) is 67.0 Å². The van der Waals surface area contributed by atoms with Crippen LogP contribution in [0.1, 0.15) is 5.89 Å². The van der Waals surface area contributed by atoms with Gasteiger partial charge in [-0.1, -0.05) is 34.1 Å². The zero-order chi connectivity index (χ0) is 21.2.